The van der Waals surface area contributed by atoms with Crippen molar-refractivity contribution < 1.29 is 9.90 Å². The fourth-order valence-electron chi connectivity index (χ4n) is 1.39. The molecular weight excluding hydrogens is 178 g/mol. The maximum absolute atomic E-state index is 11.0. The van der Waals surface area contributed by atoms with E-state index in [0.29, 0.717) is 0 Å². The number of carboxylic acid groups (broad SMARTS) is 1. The van der Waals surface area contributed by atoms with Crippen LogP contribution in [0, 0.1) is 0 Å². The standard InChI is InChI=1S/C11H21NO2/c1-5-7-8-9-12(6-2)11(3,4)10(13)14/h5H,1,6-9H2,2-4H3,(H,13,14). The molecule has 0 rings (SSSR count). The lowest BCUT2D eigenvalue weighted by molar-refractivity contribution is -0.149. The molecule has 0 atom stereocenters. The number of allylic oxidation sites excluding steroid dienone is 1. The molecule has 14 heavy (non-hydrogen) atoms. The van der Waals surface area contributed by atoms with Gasteiger partial charge in [0.1, 0.15) is 5.54 Å². The summed E-state index contributed by atoms with van der Waals surface area (Å²) in [7, 11) is 0. The van der Waals surface area contributed by atoms with Crippen LogP contribution in [-0.2, 0) is 4.79 Å². The van der Waals surface area contributed by atoms with Crippen molar-refractivity contribution in [2.24, 2.45) is 0 Å². The van der Waals surface area contributed by atoms with Gasteiger partial charge in [0.2, 0.25) is 0 Å². The summed E-state index contributed by atoms with van der Waals surface area (Å²) in [5.74, 6) is -0.766. The summed E-state index contributed by atoms with van der Waals surface area (Å²) >= 11 is 0. The van der Waals surface area contributed by atoms with Crippen LogP contribution in [0.1, 0.15) is 33.6 Å². The lowest BCUT2D eigenvalue weighted by Crippen LogP contribution is -2.50. The average Bonchev–Trinajstić information content (AvgIpc) is 2.12. The molecule has 0 bridgehead atoms. The SMILES string of the molecule is C=CCCCN(CC)C(C)(C)C(=O)O. The van der Waals surface area contributed by atoms with Crippen LogP contribution in [-0.4, -0.2) is 34.6 Å². The second-order valence-electron chi connectivity index (χ2n) is 3.87. The van der Waals surface area contributed by atoms with Gasteiger partial charge in [0, 0.05) is 0 Å². The molecule has 3 nitrogen and oxygen atoms in total. The van der Waals surface area contributed by atoms with E-state index in [9.17, 15) is 4.79 Å². The molecule has 0 fully saturated rings. The summed E-state index contributed by atoms with van der Waals surface area (Å²) in [6.45, 7) is 10.7. The molecule has 0 saturated heterocycles. The van der Waals surface area contributed by atoms with E-state index in [4.69, 9.17) is 5.11 Å². The Labute approximate surface area is 86.4 Å². The van der Waals surface area contributed by atoms with Gasteiger partial charge in [-0.05, 0) is 39.8 Å². The smallest absolute Gasteiger partial charge is 0.323 e. The largest absolute Gasteiger partial charge is 0.480 e. The van der Waals surface area contributed by atoms with Gasteiger partial charge in [-0.25, -0.2) is 0 Å². The Hall–Kier alpha value is -0.830. The van der Waals surface area contributed by atoms with Crippen molar-refractivity contribution in [2.75, 3.05) is 13.1 Å². The van der Waals surface area contributed by atoms with Gasteiger partial charge < -0.3 is 5.11 Å². The Morgan fingerprint density at radius 1 is 1.57 bits per heavy atom. The molecule has 0 aromatic rings. The Morgan fingerprint density at radius 2 is 2.14 bits per heavy atom. The zero-order chi connectivity index (χ0) is 11.2. The van der Waals surface area contributed by atoms with Gasteiger partial charge in [0.05, 0.1) is 0 Å². The maximum Gasteiger partial charge on any atom is 0.323 e. The van der Waals surface area contributed by atoms with Crippen molar-refractivity contribution in [1.82, 2.24) is 4.90 Å². The Morgan fingerprint density at radius 3 is 2.50 bits per heavy atom. The molecule has 0 aliphatic rings. The highest BCUT2D eigenvalue weighted by atomic mass is 16.4. The molecule has 0 radical (unpaired) electrons. The van der Waals surface area contributed by atoms with E-state index < -0.39 is 11.5 Å². The van der Waals surface area contributed by atoms with Gasteiger partial charge in [-0.2, -0.15) is 0 Å². The van der Waals surface area contributed by atoms with E-state index in [1.54, 1.807) is 13.8 Å². The summed E-state index contributed by atoms with van der Waals surface area (Å²) in [5, 5.41) is 9.04. The number of unbranched alkanes of at least 4 members (excludes halogenated alkanes) is 1. The topological polar surface area (TPSA) is 40.5 Å². The lowest BCUT2D eigenvalue weighted by Gasteiger charge is -2.34. The number of hydrogen-bond donors (Lipinski definition) is 1. The van der Waals surface area contributed by atoms with Crippen LogP contribution in [0.3, 0.4) is 0 Å². The monoisotopic (exact) mass is 199 g/mol. The Bertz CT molecular complexity index is 199. The second kappa shape index (κ2) is 5.81. The number of likely N-dealkylation sites (N-methyl/N-ethyl adjacent to an activating group) is 1. The Balaban J connectivity index is 4.24. The number of carboxylic acids is 1. The molecule has 1 N–H and O–H groups in total. The number of carbonyl (C=O) groups is 1. The number of rotatable bonds is 7. The van der Waals surface area contributed by atoms with Crippen molar-refractivity contribution >= 4 is 5.97 Å². The van der Waals surface area contributed by atoms with E-state index in [-0.39, 0.29) is 0 Å². The molecule has 0 aliphatic heterocycles. The molecule has 0 aromatic carbocycles. The average molecular weight is 199 g/mol. The number of aliphatic carboxylic acids is 1. The van der Waals surface area contributed by atoms with Crippen LogP contribution in [0.4, 0.5) is 0 Å². The first-order chi connectivity index (χ1) is 6.46. The van der Waals surface area contributed by atoms with Crippen LogP contribution in [0.15, 0.2) is 12.7 Å². The third kappa shape index (κ3) is 3.50. The zero-order valence-electron chi connectivity index (χ0n) is 9.42. The van der Waals surface area contributed by atoms with Crippen LogP contribution in [0.25, 0.3) is 0 Å². The van der Waals surface area contributed by atoms with E-state index in [2.05, 4.69) is 6.58 Å². The van der Waals surface area contributed by atoms with E-state index in [1.165, 1.54) is 0 Å². The third-order valence-corrected chi connectivity index (χ3v) is 2.53. The summed E-state index contributed by atoms with van der Waals surface area (Å²) < 4.78 is 0. The van der Waals surface area contributed by atoms with Crippen molar-refractivity contribution in [2.45, 2.75) is 39.2 Å². The second-order valence-corrected chi connectivity index (χ2v) is 3.87. The molecule has 3 heteroatoms. The van der Waals surface area contributed by atoms with Crippen LogP contribution < -0.4 is 0 Å². The van der Waals surface area contributed by atoms with Gasteiger partial charge in [-0.3, -0.25) is 9.69 Å². The minimum absolute atomic E-state index is 0.760. The zero-order valence-corrected chi connectivity index (χ0v) is 9.42. The van der Waals surface area contributed by atoms with Gasteiger partial charge in [-0.15, -0.1) is 6.58 Å². The number of nitrogens with zero attached hydrogens (tertiary/aromatic N) is 1. The van der Waals surface area contributed by atoms with Gasteiger partial charge in [0.15, 0.2) is 0 Å². The molecule has 82 valence electrons. The van der Waals surface area contributed by atoms with Gasteiger partial charge in [0.25, 0.3) is 0 Å². The van der Waals surface area contributed by atoms with Crippen LogP contribution in [0.5, 0.6) is 0 Å². The van der Waals surface area contributed by atoms with Crippen LogP contribution >= 0.6 is 0 Å². The van der Waals surface area contributed by atoms with Crippen molar-refractivity contribution in [3.8, 4) is 0 Å². The quantitative estimate of drug-likeness (QED) is 0.504. The van der Waals surface area contributed by atoms with E-state index in [1.807, 2.05) is 17.9 Å². The predicted octanol–water partition coefficient (Wildman–Crippen LogP) is 2.14. The van der Waals surface area contributed by atoms with Crippen LogP contribution in [0.2, 0.25) is 0 Å². The first-order valence-corrected chi connectivity index (χ1v) is 5.06. The molecule has 0 heterocycles. The molecule has 0 spiro atoms. The lowest BCUT2D eigenvalue weighted by atomic mass is 10.0. The van der Waals surface area contributed by atoms with E-state index >= 15 is 0 Å². The molecule has 0 aromatic heterocycles. The van der Waals surface area contributed by atoms with Crippen molar-refractivity contribution in [3.63, 3.8) is 0 Å². The minimum atomic E-state index is -0.768. The molecule has 0 saturated carbocycles. The normalized spacial score (nSPS) is 11.7. The van der Waals surface area contributed by atoms with E-state index in [0.717, 1.165) is 25.9 Å². The Kier molecular flexibility index (Phi) is 5.46. The third-order valence-electron chi connectivity index (χ3n) is 2.53. The summed E-state index contributed by atoms with van der Waals surface area (Å²) in [6, 6.07) is 0. The fourth-order valence-corrected chi connectivity index (χ4v) is 1.39. The summed E-state index contributed by atoms with van der Waals surface area (Å²) in [6.07, 6.45) is 3.77. The summed E-state index contributed by atoms with van der Waals surface area (Å²) in [5.41, 5.74) is -0.768. The highest BCUT2D eigenvalue weighted by Gasteiger charge is 2.32. The molecule has 0 unspecified atom stereocenters. The number of hydrogen-bond acceptors (Lipinski definition) is 2. The fraction of sp³-hybridized carbons (Fsp3) is 0.727. The van der Waals surface area contributed by atoms with Crippen molar-refractivity contribution in [1.29, 1.82) is 0 Å². The van der Waals surface area contributed by atoms with Crippen molar-refractivity contribution in [3.05, 3.63) is 12.7 Å². The molecule has 0 aliphatic carbocycles. The van der Waals surface area contributed by atoms with Gasteiger partial charge >= 0.3 is 5.97 Å². The predicted molar refractivity (Wildman–Crippen MR) is 58.4 cm³/mol. The maximum atomic E-state index is 11.0. The highest BCUT2D eigenvalue weighted by molar-refractivity contribution is 5.77. The first-order valence-electron chi connectivity index (χ1n) is 5.06. The highest BCUT2D eigenvalue weighted by Crippen LogP contribution is 2.15. The minimum Gasteiger partial charge on any atom is -0.480 e. The molecular formula is C11H21NO2. The molecule has 0 amide bonds. The van der Waals surface area contributed by atoms with Gasteiger partial charge in [-0.1, -0.05) is 13.0 Å². The summed E-state index contributed by atoms with van der Waals surface area (Å²) in [4.78, 5) is 13.0. The first kappa shape index (κ1) is 13.2.